The third-order valence-corrected chi connectivity index (χ3v) is 6.60. The molecule has 176 valence electrons. The minimum Gasteiger partial charge on any atom is -0.228 e. The van der Waals surface area contributed by atoms with Gasteiger partial charge >= 0.3 is 0 Å². The second kappa shape index (κ2) is 9.82. The van der Waals surface area contributed by atoms with Gasteiger partial charge in [0.25, 0.3) is 0 Å². The van der Waals surface area contributed by atoms with Crippen LogP contribution in [0, 0.1) is 22.7 Å². The summed E-state index contributed by atoms with van der Waals surface area (Å²) in [5.74, 6) is 0.668. The minimum atomic E-state index is 0.646. The summed E-state index contributed by atoms with van der Waals surface area (Å²) in [6.07, 6.45) is 0. The molecule has 0 saturated heterocycles. The zero-order chi connectivity index (χ0) is 25.9. The second-order valence-electron chi connectivity index (χ2n) is 8.95. The lowest BCUT2D eigenvalue weighted by atomic mass is 10.00. The maximum atomic E-state index is 9.06. The van der Waals surface area contributed by atoms with E-state index in [1.165, 1.54) is 0 Å². The van der Waals surface area contributed by atoms with Crippen LogP contribution in [0.25, 0.3) is 55.8 Å². The quantitative estimate of drug-likeness (QED) is 0.254. The number of hydrogen-bond acceptors (Lipinski definition) is 4. The molecule has 0 amide bonds. The van der Waals surface area contributed by atoms with E-state index in [2.05, 4.69) is 54.6 Å². The molecule has 0 spiro atoms. The molecule has 1 heterocycles. The van der Waals surface area contributed by atoms with Crippen molar-refractivity contribution in [2.24, 2.45) is 0 Å². The fraction of sp³-hybridized carbons (Fsp3) is 0. The van der Waals surface area contributed by atoms with Crippen molar-refractivity contribution in [1.82, 2.24) is 9.97 Å². The summed E-state index contributed by atoms with van der Waals surface area (Å²) in [7, 11) is 0. The van der Waals surface area contributed by atoms with Gasteiger partial charge in [0.15, 0.2) is 5.82 Å². The van der Waals surface area contributed by atoms with Crippen LogP contribution in [0.15, 0.2) is 121 Å². The van der Waals surface area contributed by atoms with Gasteiger partial charge in [-0.1, -0.05) is 91.0 Å². The molecule has 4 nitrogen and oxygen atoms in total. The molecular formula is C34H20N4. The Morgan fingerprint density at radius 2 is 0.842 bits per heavy atom. The van der Waals surface area contributed by atoms with Gasteiger partial charge in [0, 0.05) is 16.5 Å². The highest BCUT2D eigenvalue weighted by Gasteiger charge is 2.12. The molecule has 38 heavy (non-hydrogen) atoms. The van der Waals surface area contributed by atoms with Crippen molar-refractivity contribution < 1.29 is 0 Å². The number of hydrogen-bond donors (Lipinski definition) is 0. The van der Waals surface area contributed by atoms with Crippen LogP contribution >= 0.6 is 0 Å². The van der Waals surface area contributed by atoms with Crippen molar-refractivity contribution in [1.29, 1.82) is 10.5 Å². The Morgan fingerprint density at radius 3 is 1.34 bits per heavy atom. The van der Waals surface area contributed by atoms with Crippen LogP contribution in [0.1, 0.15) is 11.1 Å². The van der Waals surface area contributed by atoms with E-state index in [9.17, 15) is 0 Å². The fourth-order valence-electron chi connectivity index (χ4n) is 4.53. The van der Waals surface area contributed by atoms with Gasteiger partial charge in [0.2, 0.25) is 0 Å². The van der Waals surface area contributed by atoms with Gasteiger partial charge < -0.3 is 0 Å². The van der Waals surface area contributed by atoms with Gasteiger partial charge in [-0.3, -0.25) is 0 Å². The molecule has 1 aromatic heterocycles. The Morgan fingerprint density at radius 1 is 0.421 bits per heavy atom. The highest BCUT2D eigenvalue weighted by molar-refractivity contribution is 5.94. The monoisotopic (exact) mass is 484 g/mol. The maximum Gasteiger partial charge on any atom is 0.160 e. The zero-order valence-corrected chi connectivity index (χ0v) is 20.3. The second-order valence-corrected chi connectivity index (χ2v) is 8.95. The van der Waals surface area contributed by atoms with Crippen molar-refractivity contribution in [2.45, 2.75) is 0 Å². The molecule has 0 unspecified atom stereocenters. The van der Waals surface area contributed by atoms with Crippen molar-refractivity contribution in [3.63, 3.8) is 0 Å². The van der Waals surface area contributed by atoms with Gasteiger partial charge in [-0.05, 0) is 52.6 Å². The summed E-state index contributed by atoms with van der Waals surface area (Å²) in [6.45, 7) is 0. The van der Waals surface area contributed by atoms with Crippen molar-refractivity contribution >= 4 is 10.9 Å². The summed E-state index contributed by atoms with van der Waals surface area (Å²) in [4.78, 5) is 9.87. The molecule has 0 aliphatic rings. The molecule has 6 rings (SSSR count). The lowest BCUT2D eigenvalue weighted by Crippen LogP contribution is -1.95. The summed E-state index contributed by atoms with van der Waals surface area (Å²) >= 11 is 0. The first-order valence-corrected chi connectivity index (χ1v) is 12.2. The van der Waals surface area contributed by atoms with Crippen LogP contribution in [-0.2, 0) is 0 Å². The van der Waals surface area contributed by atoms with Crippen LogP contribution < -0.4 is 0 Å². The molecule has 0 atom stereocenters. The highest BCUT2D eigenvalue weighted by atomic mass is 14.9. The van der Waals surface area contributed by atoms with Gasteiger partial charge in [0.1, 0.15) is 0 Å². The third kappa shape index (κ3) is 4.39. The lowest BCUT2D eigenvalue weighted by Gasteiger charge is -2.11. The summed E-state index contributed by atoms with van der Waals surface area (Å²) in [5, 5.41) is 19.1. The number of aromatic nitrogens is 2. The summed E-state index contributed by atoms with van der Waals surface area (Å²) < 4.78 is 0. The average molecular weight is 485 g/mol. The van der Waals surface area contributed by atoms with Gasteiger partial charge in [-0.2, -0.15) is 10.5 Å². The first-order chi connectivity index (χ1) is 18.7. The number of nitriles is 2. The van der Waals surface area contributed by atoms with Gasteiger partial charge in [-0.15, -0.1) is 0 Å². The van der Waals surface area contributed by atoms with E-state index < -0.39 is 0 Å². The van der Waals surface area contributed by atoms with Crippen LogP contribution in [-0.4, -0.2) is 9.97 Å². The lowest BCUT2D eigenvalue weighted by molar-refractivity contribution is 1.23. The first-order valence-electron chi connectivity index (χ1n) is 12.2. The van der Waals surface area contributed by atoms with E-state index in [0.29, 0.717) is 17.0 Å². The molecule has 0 aliphatic heterocycles. The molecule has 0 fully saturated rings. The summed E-state index contributed by atoms with van der Waals surface area (Å²) in [5.41, 5.74) is 9.27. The molecule has 0 saturated carbocycles. The first kappa shape index (κ1) is 22.9. The van der Waals surface area contributed by atoms with E-state index in [4.69, 9.17) is 20.5 Å². The molecule has 0 aliphatic carbocycles. The molecule has 0 bridgehead atoms. The molecule has 0 N–H and O–H groups in total. The van der Waals surface area contributed by atoms with E-state index in [-0.39, 0.29) is 0 Å². The molecule has 5 aromatic carbocycles. The number of benzene rings is 5. The SMILES string of the molecule is N#Cc1ccc(-c2ccc(-c3nc(-c4ccc(-c5ccc(C#N)cc5)cc4)c4ccccc4n3)cc2)cc1. The Balaban J connectivity index is 1.37. The summed E-state index contributed by atoms with van der Waals surface area (Å²) in [6, 6.07) is 44.1. The molecule has 0 radical (unpaired) electrons. The molecule has 4 heteroatoms. The Bertz CT molecular complexity index is 1840. The fourth-order valence-corrected chi connectivity index (χ4v) is 4.53. The van der Waals surface area contributed by atoms with E-state index in [0.717, 1.165) is 50.0 Å². The largest absolute Gasteiger partial charge is 0.228 e. The van der Waals surface area contributed by atoms with Gasteiger partial charge in [0.05, 0.1) is 34.5 Å². The van der Waals surface area contributed by atoms with Crippen molar-refractivity contribution in [2.75, 3.05) is 0 Å². The highest BCUT2D eigenvalue weighted by Crippen LogP contribution is 2.31. The number of rotatable bonds is 4. The average Bonchev–Trinajstić information content (AvgIpc) is 3.01. The minimum absolute atomic E-state index is 0.646. The van der Waals surface area contributed by atoms with Crippen LogP contribution in [0.4, 0.5) is 0 Å². The predicted molar refractivity (Wildman–Crippen MR) is 151 cm³/mol. The standard InChI is InChI=1S/C34H20N4/c35-21-23-5-9-25(10-6-23)27-13-17-29(18-14-27)33-31-3-1-2-4-32(31)37-34(38-33)30-19-15-28(16-20-30)26-11-7-24(22-36)8-12-26/h1-20H. The van der Waals surface area contributed by atoms with E-state index in [1.54, 1.807) is 0 Å². The smallest absolute Gasteiger partial charge is 0.160 e. The Kier molecular flexibility index (Phi) is 5.91. The molecular weight excluding hydrogens is 464 g/mol. The van der Waals surface area contributed by atoms with Crippen molar-refractivity contribution in [3.8, 4) is 57.0 Å². The number of nitrogens with zero attached hydrogens (tertiary/aromatic N) is 4. The number of fused-ring (bicyclic) bond motifs is 1. The molecule has 6 aromatic rings. The maximum absolute atomic E-state index is 9.06. The van der Waals surface area contributed by atoms with E-state index >= 15 is 0 Å². The Hall–Kier alpha value is -5.58. The third-order valence-electron chi connectivity index (χ3n) is 6.60. The Labute approximate surface area is 220 Å². The van der Waals surface area contributed by atoms with Crippen LogP contribution in [0.5, 0.6) is 0 Å². The van der Waals surface area contributed by atoms with Crippen LogP contribution in [0.2, 0.25) is 0 Å². The van der Waals surface area contributed by atoms with Crippen LogP contribution in [0.3, 0.4) is 0 Å². The van der Waals surface area contributed by atoms with Crippen molar-refractivity contribution in [3.05, 3.63) is 132 Å². The zero-order valence-electron chi connectivity index (χ0n) is 20.3. The normalized spacial score (nSPS) is 10.6. The predicted octanol–water partition coefficient (Wildman–Crippen LogP) is 8.04. The number of para-hydroxylation sites is 1. The van der Waals surface area contributed by atoms with E-state index in [1.807, 2.05) is 78.9 Å². The topological polar surface area (TPSA) is 73.4 Å². The van der Waals surface area contributed by atoms with Gasteiger partial charge in [-0.25, -0.2) is 9.97 Å².